The Morgan fingerprint density at radius 2 is 2.04 bits per heavy atom. The van der Waals surface area contributed by atoms with Crippen molar-refractivity contribution in [1.29, 1.82) is 0 Å². The van der Waals surface area contributed by atoms with Gasteiger partial charge in [0.1, 0.15) is 23.9 Å². The summed E-state index contributed by atoms with van der Waals surface area (Å²) >= 11 is 0. The molecule has 3 aromatic rings. The molecule has 0 saturated carbocycles. The van der Waals surface area contributed by atoms with Crippen molar-refractivity contribution in [1.82, 2.24) is 19.7 Å². The Bertz CT molecular complexity index is 966. The second kappa shape index (κ2) is 6.67. The number of aryl methyl sites for hydroxylation is 1. The van der Waals surface area contributed by atoms with E-state index in [0.29, 0.717) is 5.82 Å². The predicted octanol–water partition coefficient (Wildman–Crippen LogP) is 2.96. The third-order valence-corrected chi connectivity index (χ3v) is 4.41. The zero-order valence-corrected chi connectivity index (χ0v) is 14.3. The van der Waals surface area contributed by atoms with Gasteiger partial charge in [0, 0.05) is 17.5 Å². The minimum Gasteiger partial charge on any atom is -0.454 e. The fourth-order valence-electron chi connectivity index (χ4n) is 3.20. The number of rotatable bonds is 4. The van der Waals surface area contributed by atoms with Crippen LogP contribution in [0, 0.1) is 12.7 Å². The molecule has 0 aliphatic heterocycles. The second-order valence-electron chi connectivity index (χ2n) is 6.18. The van der Waals surface area contributed by atoms with Crippen LogP contribution in [0.1, 0.15) is 39.7 Å². The van der Waals surface area contributed by atoms with E-state index < -0.39 is 5.97 Å². The van der Waals surface area contributed by atoms with Gasteiger partial charge in [-0.25, -0.2) is 23.8 Å². The molecule has 0 radical (unpaired) electrons. The van der Waals surface area contributed by atoms with E-state index >= 15 is 0 Å². The van der Waals surface area contributed by atoms with Gasteiger partial charge in [-0.3, -0.25) is 0 Å². The molecule has 1 aromatic carbocycles. The van der Waals surface area contributed by atoms with E-state index in [1.165, 1.54) is 24.4 Å². The first kappa shape index (κ1) is 16.4. The maximum absolute atomic E-state index is 13.2. The third-order valence-electron chi connectivity index (χ3n) is 4.41. The Morgan fingerprint density at radius 3 is 2.81 bits per heavy atom. The van der Waals surface area contributed by atoms with Gasteiger partial charge in [0.05, 0.1) is 5.69 Å². The van der Waals surface area contributed by atoms with Gasteiger partial charge < -0.3 is 4.74 Å². The minimum atomic E-state index is -0.501. The molecule has 0 amide bonds. The number of carbonyl (C=O) groups is 1. The summed E-state index contributed by atoms with van der Waals surface area (Å²) in [5.74, 6) is -0.272. The normalized spacial score (nSPS) is 12.8. The van der Waals surface area contributed by atoms with E-state index in [9.17, 15) is 9.18 Å². The van der Waals surface area contributed by atoms with E-state index in [0.717, 1.165) is 41.9 Å². The van der Waals surface area contributed by atoms with Crippen LogP contribution in [0.4, 0.5) is 4.39 Å². The SMILES string of the molecule is Cc1nccc(C(=O)OCc2nn(-c3ccc(F)cc3)c3c2CCC3)n1. The van der Waals surface area contributed by atoms with E-state index in [-0.39, 0.29) is 18.1 Å². The number of carbonyl (C=O) groups excluding carboxylic acids is 1. The van der Waals surface area contributed by atoms with Crippen LogP contribution in [0.2, 0.25) is 0 Å². The Kier molecular flexibility index (Phi) is 4.20. The molecule has 0 atom stereocenters. The predicted molar refractivity (Wildman–Crippen MR) is 91.4 cm³/mol. The van der Waals surface area contributed by atoms with Gasteiger partial charge in [0.2, 0.25) is 0 Å². The van der Waals surface area contributed by atoms with Crippen molar-refractivity contribution in [2.45, 2.75) is 32.8 Å². The highest BCUT2D eigenvalue weighted by Gasteiger charge is 2.24. The molecular formula is C19H17FN4O2. The molecule has 7 heteroatoms. The molecule has 0 N–H and O–H groups in total. The molecule has 0 unspecified atom stereocenters. The van der Waals surface area contributed by atoms with Gasteiger partial charge in [0.25, 0.3) is 0 Å². The molecular weight excluding hydrogens is 335 g/mol. The maximum Gasteiger partial charge on any atom is 0.357 e. The maximum atomic E-state index is 13.2. The Morgan fingerprint density at radius 1 is 1.23 bits per heavy atom. The van der Waals surface area contributed by atoms with Crippen LogP contribution in [0.5, 0.6) is 0 Å². The van der Waals surface area contributed by atoms with Crippen molar-refractivity contribution < 1.29 is 13.9 Å². The van der Waals surface area contributed by atoms with E-state index in [2.05, 4.69) is 15.1 Å². The highest BCUT2D eigenvalue weighted by molar-refractivity contribution is 5.87. The lowest BCUT2D eigenvalue weighted by atomic mass is 10.2. The molecule has 4 rings (SSSR count). The average Bonchev–Trinajstić information content (AvgIpc) is 3.23. The zero-order chi connectivity index (χ0) is 18.1. The molecule has 2 heterocycles. The number of halogens is 1. The molecule has 6 nitrogen and oxygen atoms in total. The van der Waals surface area contributed by atoms with Gasteiger partial charge in [-0.2, -0.15) is 5.10 Å². The first-order valence-corrected chi connectivity index (χ1v) is 8.44. The van der Waals surface area contributed by atoms with E-state index in [1.54, 1.807) is 19.1 Å². The van der Waals surface area contributed by atoms with Crippen LogP contribution in [-0.2, 0) is 24.2 Å². The minimum absolute atomic E-state index is 0.0818. The molecule has 1 aliphatic carbocycles. The van der Waals surface area contributed by atoms with Crippen LogP contribution >= 0.6 is 0 Å². The van der Waals surface area contributed by atoms with Gasteiger partial charge >= 0.3 is 5.97 Å². The fraction of sp³-hybridized carbons (Fsp3) is 0.263. The quantitative estimate of drug-likeness (QED) is 0.675. The van der Waals surface area contributed by atoms with Crippen molar-refractivity contribution in [2.24, 2.45) is 0 Å². The molecule has 26 heavy (non-hydrogen) atoms. The Labute approximate surface area is 149 Å². The molecule has 0 spiro atoms. The molecule has 2 aromatic heterocycles. The first-order chi connectivity index (χ1) is 12.6. The van der Waals surface area contributed by atoms with Crippen LogP contribution in [0.15, 0.2) is 36.5 Å². The van der Waals surface area contributed by atoms with Gasteiger partial charge in [-0.1, -0.05) is 0 Å². The molecule has 1 aliphatic rings. The van der Waals surface area contributed by atoms with E-state index in [4.69, 9.17) is 4.74 Å². The number of nitrogens with zero attached hydrogens (tertiary/aromatic N) is 4. The number of fused-ring (bicyclic) bond motifs is 1. The highest BCUT2D eigenvalue weighted by atomic mass is 19.1. The summed E-state index contributed by atoms with van der Waals surface area (Å²) < 4.78 is 20.4. The molecule has 0 bridgehead atoms. The number of aromatic nitrogens is 4. The summed E-state index contributed by atoms with van der Waals surface area (Å²) in [6.07, 6.45) is 4.36. The number of esters is 1. The lowest BCUT2D eigenvalue weighted by molar-refractivity contribution is 0.0459. The summed E-state index contributed by atoms with van der Waals surface area (Å²) in [6, 6.07) is 7.74. The Balaban J connectivity index is 1.57. The monoisotopic (exact) mass is 352 g/mol. The lowest BCUT2D eigenvalue weighted by Crippen LogP contribution is -2.10. The Hall–Kier alpha value is -3.09. The van der Waals surface area contributed by atoms with Crippen molar-refractivity contribution in [2.75, 3.05) is 0 Å². The molecule has 0 fully saturated rings. The topological polar surface area (TPSA) is 69.9 Å². The van der Waals surface area contributed by atoms with Gasteiger partial charge in [0.15, 0.2) is 5.69 Å². The van der Waals surface area contributed by atoms with Crippen LogP contribution in [-0.4, -0.2) is 25.7 Å². The van der Waals surface area contributed by atoms with Crippen LogP contribution in [0.3, 0.4) is 0 Å². The van der Waals surface area contributed by atoms with Crippen molar-refractivity contribution in [3.05, 3.63) is 70.8 Å². The summed E-state index contributed by atoms with van der Waals surface area (Å²) in [7, 11) is 0. The highest BCUT2D eigenvalue weighted by Crippen LogP contribution is 2.28. The lowest BCUT2D eigenvalue weighted by Gasteiger charge is -2.05. The summed E-state index contributed by atoms with van der Waals surface area (Å²) in [5, 5.41) is 4.60. The van der Waals surface area contributed by atoms with Crippen LogP contribution < -0.4 is 0 Å². The average molecular weight is 352 g/mol. The van der Waals surface area contributed by atoms with Crippen molar-refractivity contribution in [3.63, 3.8) is 0 Å². The standard InChI is InChI=1S/C19H17FN4O2/c1-12-21-10-9-16(22-12)19(25)26-11-17-15-3-2-4-18(15)24(23-17)14-7-5-13(20)6-8-14/h5-10H,2-4,11H2,1H3. The summed E-state index contributed by atoms with van der Waals surface area (Å²) in [4.78, 5) is 20.2. The number of hydrogen-bond donors (Lipinski definition) is 0. The summed E-state index contributed by atoms with van der Waals surface area (Å²) in [5.41, 5.74) is 3.98. The summed E-state index contributed by atoms with van der Waals surface area (Å²) in [6.45, 7) is 1.80. The number of ether oxygens (including phenoxy) is 1. The number of benzene rings is 1. The number of hydrogen-bond acceptors (Lipinski definition) is 5. The van der Waals surface area contributed by atoms with Crippen molar-refractivity contribution >= 4 is 5.97 Å². The van der Waals surface area contributed by atoms with Gasteiger partial charge in [-0.15, -0.1) is 0 Å². The van der Waals surface area contributed by atoms with Crippen molar-refractivity contribution in [3.8, 4) is 5.69 Å². The van der Waals surface area contributed by atoms with Gasteiger partial charge in [-0.05, 0) is 56.5 Å². The largest absolute Gasteiger partial charge is 0.454 e. The second-order valence-corrected chi connectivity index (χ2v) is 6.18. The van der Waals surface area contributed by atoms with Crippen LogP contribution in [0.25, 0.3) is 5.69 Å². The molecule has 132 valence electrons. The smallest absolute Gasteiger partial charge is 0.357 e. The third kappa shape index (κ3) is 3.08. The zero-order valence-electron chi connectivity index (χ0n) is 14.3. The first-order valence-electron chi connectivity index (χ1n) is 8.44. The fourth-order valence-corrected chi connectivity index (χ4v) is 3.20. The molecule has 0 saturated heterocycles. The van der Waals surface area contributed by atoms with E-state index in [1.807, 2.05) is 4.68 Å².